The number of carbonyl (C=O) groups is 1. The molecule has 3 aromatic rings. The summed E-state index contributed by atoms with van der Waals surface area (Å²) in [5.41, 5.74) is 1.15. The van der Waals surface area contributed by atoms with E-state index in [1.807, 2.05) is 19.1 Å². The number of para-hydroxylation sites is 2. The number of hydrogen-bond acceptors (Lipinski definition) is 5. The van der Waals surface area contributed by atoms with E-state index in [1.54, 1.807) is 61.7 Å². The lowest BCUT2D eigenvalue weighted by molar-refractivity contribution is -0.120. The molecule has 0 bridgehead atoms. The molecule has 8 heteroatoms. The first-order chi connectivity index (χ1) is 15.4. The molecule has 32 heavy (non-hydrogen) atoms. The van der Waals surface area contributed by atoms with Gasteiger partial charge in [0.15, 0.2) is 0 Å². The lowest BCUT2D eigenvalue weighted by Gasteiger charge is -2.26. The Morgan fingerprint density at radius 2 is 1.53 bits per heavy atom. The molecule has 1 atom stereocenters. The highest BCUT2D eigenvalue weighted by Crippen LogP contribution is 2.32. The van der Waals surface area contributed by atoms with Crippen LogP contribution in [0.1, 0.15) is 18.5 Å². The van der Waals surface area contributed by atoms with Crippen LogP contribution in [0.4, 0.5) is 5.69 Å². The van der Waals surface area contributed by atoms with Crippen molar-refractivity contribution in [3.05, 3.63) is 84.4 Å². The van der Waals surface area contributed by atoms with E-state index < -0.39 is 22.5 Å². The third-order valence-corrected chi connectivity index (χ3v) is 6.74. The van der Waals surface area contributed by atoms with Crippen molar-refractivity contribution in [2.45, 2.75) is 17.9 Å². The Hall–Kier alpha value is -3.52. The van der Waals surface area contributed by atoms with Gasteiger partial charge < -0.3 is 14.8 Å². The maximum Gasteiger partial charge on any atom is 0.264 e. The van der Waals surface area contributed by atoms with Gasteiger partial charge >= 0.3 is 0 Å². The van der Waals surface area contributed by atoms with Crippen LogP contribution in [0.3, 0.4) is 0 Å². The molecule has 1 N–H and O–H groups in total. The summed E-state index contributed by atoms with van der Waals surface area (Å²) in [5.74, 6) is 0.616. The largest absolute Gasteiger partial charge is 0.497 e. The number of amides is 1. The molecule has 0 radical (unpaired) electrons. The predicted octanol–water partition coefficient (Wildman–Crippen LogP) is 3.78. The van der Waals surface area contributed by atoms with Gasteiger partial charge in [0.2, 0.25) is 5.91 Å². The fourth-order valence-electron chi connectivity index (χ4n) is 3.25. The summed E-state index contributed by atoms with van der Waals surface area (Å²) in [7, 11) is -0.976. The molecule has 0 aliphatic heterocycles. The molecular weight excluding hydrogens is 428 g/mol. The Balaban J connectivity index is 1.89. The van der Waals surface area contributed by atoms with Crippen LogP contribution >= 0.6 is 0 Å². The standard InChI is InChI=1S/C24H26N2O5S/c1-18(19-13-15-20(30-2)16-14-19)25-24(27)17-26(22-11-7-8-12-23(22)31-3)32(28,29)21-9-5-4-6-10-21/h4-16,18H,17H2,1-3H3,(H,25,27)/t18-/m0/s1. The van der Waals surface area contributed by atoms with Crippen LogP contribution in [0.5, 0.6) is 11.5 Å². The van der Waals surface area contributed by atoms with E-state index in [1.165, 1.54) is 19.2 Å². The third-order valence-electron chi connectivity index (χ3n) is 4.97. The number of ether oxygens (including phenoxy) is 2. The molecule has 0 aliphatic carbocycles. The van der Waals surface area contributed by atoms with Crippen molar-refractivity contribution in [1.29, 1.82) is 0 Å². The molecule has 0 saturated carbocycles. The molecule has 3 aromatic carbocycles. The summed E-state index contributed by atoms with van der Waals surface area (Å²) in [5, 5.41) is 2.87. The molecule has 0 aromatic heterocycles. The van der Waals surface area contributed by atoms with E-state index in [0.29, 0.717) is 11.5 Å². The van der Waals surface area contributed by atoms with Crippen molar-refractivity contribution in [2.75, 3.05) is 25.1 Å². The fourth-order valence-corrected chi connectivity index (χ4v) is 4.70. The lowest BCUT2D eigenvalue weighted by Crippen LogP contribution is -2.41. The topological polar surface area (TPSA) is 84.9 Å². The van der Waals surface area contributed by atoms with Crippen LogP contribution in [0, 0.1) is 0 Å². The van der Waals surface area contributed by atoms with E-state index in [0.717, 1.165) is 9.87 Å². The second kappa shape index (κ2) is 10.2. The van der Waals surface area contributed by atoms with Gasteiger partial charge in [-0.25, -0.2) is 8.42 Å². The number of rotatable bonds is 9. The molecule has 0 spiro atoms. The molecular formula is C24H26N2O5S. The highest BCUT2D eigenvalue weighted by atomic mass is 32.2. The molecule has 0 aliphatic rings. The number of anilines is 1. The van der Waals surface area contributed by atoms with E-state index in [4.69, 9.17) is 9.47 Å². The third kappa shape index (κ3) is 5.20. The minimum atomic E-state index is -4.02. The van der Waals surface area contributed by atoms with Gasteiger partial charge in [-0.2, -0.15) is 0 Å². The second-order valence-electron chi connectivity index (χ2n) is 7.06. The quantitative estimate of drug-likeness (QED) is 0.532. The summed E-state index contributed by atoms with van der Waals surface area (Å²) < 4.78 is 38.5. The van der Waals surface area contributed by atoms with E-state index in [2.05, 4.69) is 5.32 Å². The van der Waals surface area contributed by atoms with Gasteiger partial charge in [-0.05, 0) is 48.9 Å². The number of nitrogens with one attached hydrogen (secondary N) is 1. The molecule has 3 rings (SSSR count). The van der Waals surface area contributed by atoms with Crippen molar-refractivity contribution >= 4 is 21.6 Å². The Labute approximate surface area is 188 Å². The van der Waals surface area contributed by atoms with Gasteiger partial charge in [-0.15, -0.1) is 0 Å². The maximum absolute atomic E-state index is 13.4. The minimum absolute atomic E-state index is 0.0851. The van der Waals surface area contributed by atoms with Gasteiger partial charge in [-0.3, -0.25) is 9.10 Å². The summed E-state index contributed by atoms with van der Waals surface area (Å²) in [6.45, 7) is 1.43. The molecule has 0 saturated heterocycles. The van der Waals surface area contributed by atoms with Crippen LogP contribution in [-0.2, 0) is 14.8 Å². The van der Waals surface area contributed by atoms with E-state index in [9.17, 15) is 13.2 Å². The van der Waals surface area contributed by atoms with Crippen LogP contribution in [0.25, 0.3) is 0 Å². The Morgan fingerprint density at radius 3 is 2.16 bits per heavy atom. The SMILES string of the molecule is COc1ccc([C@H](C)NC(=O)CN(c2ccccc2OC)S(=O)(=O)c2ccccc2)cc1. The molecule has 0 fully saturated rings. The van der Waals surface area contributed by atoms with Crippen LogP contribution in [-0.4, -0.2) is 35.1 Å². The molecule has 0 heterocycles. The zero-order valence-corrected chi connectivity index (χ0v) is 19.0. The van der Waals surface area contributed by atoms with E-state index in [-0.39, 0.29) is 16.6 Å². The fraction of sp³-hybridized carbons (Fsp3) is 0.208. The predicted molar refractivity (Wildman–Crippen MR) is 124 cm³/mol. The summed E-state index contributed by atoms with van der Waals surface area (Å²) in [6, 6.07) is 21.7. The van der Waals surface area contributed by atoms with Gasteiger partial charge in [0.05, 0.1) is 30.8 Å². The summed E-state index contributed by atoms with van der Waals surface area (Å²) in [6.07, 6.45) is 0. The average molecular weight is 455 g/mol. The molecule has 1 amide bonds. The number of hydrogen-bond donors (Lipinski definition) is 1. The highest BCUT2D eigenvalue weighted by molar-refractivity contribution is 7.92. The van der Waals surface area contributed by atoms with Crippen molar-refractivity contribution in [3.8, 4) is 11.5 Å². The van der Waals surface area contributed by atoms with Gasteiger partial charge in [-0.1, -0.05) is 42.5 Å². The highest BCUT2D eigenvalue weighted by Gasteiger charge is 2.29. The van der Waals surface area contributed by atoms with Crippen molar-refractivity contribution in [2.24, 2.45) is 0 Å². The summed E-state index contributed by atoms with van der Waals surface area (Å²) >= 11 is 0. The molecule has 0 unspecified atom stereocenters. The number of methoxy groups -OCH3 is 2. The Morgan fingerprint density at radius 1 is 0.906 bits per heavy atom. The van der Waals surface area contributed by atoms with Gasteiger partial charge in [0.25, 0.3) is 10.0 Å². The maximum atomic E-state index is 13.4. The van der Waals surface area contributed by atoms with Crippen molar-refractivity contribution in [1.82, 2.24) is 5.32 Å². The number of nitrogens with zero attached hydrogens (tertiary/aromatic N) is 1. The average Bonchev–Trinajstić information content (AvgIpc) is 2.83. The lowest BCUT2D eigenvalue weighted by atomic mass is 10.1. The molecule has 168 valence electrons. The summed E-state index contributed by atoms with van der Waals surface area (Å²) in [4.78, 5) is 13.0. The number of benzene rings is 3. The van der Waals surface area contributed by atoms with Crippen molar-refractivity contribution in [3.63, 3.8) is 0 Å². The van der Waals surface area contributed by atoms with Crippen LogP contribution < -0.4 is 19.1 Å². The normalized spacial score (nSPS) is 12.0. The number of carbonyl (C=O) groups excluding carboxylic acids is 1. The van der Waals surface area contributed by atoms with Crippen molar-refractivity contribution < 1.29 is 22.7 Å². The molecule has 7 nitrogen and oxygen atoms in total. The van der Waals surface area contributed by atoms with Crippen LogP contribution in [0.2, 0.25) is 0 Å². The number of sulfonamides is 1. The zero-order valence-electron chi connectivity index (χ0n) is 18.2. The minimum Gasteiger partial charge on any atom is -0.497 e. The monoisotopic (exact) mass is 454 g/mol. The van der Waals surface area contributed by atoms with E-state index >= 15 is 0 Å². The van der Waals surface area contributed by atoms with Gasteiger partial charge in [0, 0.05) is 0 Å². The first-order valence-electron chi connectivity index (χ1n) is 10.0. The second-order valence-corrected chi connectivity index (χ2v) is 8.92. The first kappa shape index (κ1) is 23.1. The Kier molecular flexibility index (Phi) is 7.37. The van der Waals surface area contributed by atoms with Gasteiger partial charge in [0.1, 0.15) is 18.0 Å². The smallest absolute Gasteiger partial charge is 0.264 e. The van der Waals surface area contributed by atoms with Crippen LogP contribution in [0.15, 0.2) is 83.8 Å². The zero-order chi connectivity index (χ0) is 23.1. The first-order valence-corrected chi connectivity index (χ1v) is 11.4. The Bertz CT molecular complexity index is 1150.